The van der Waals surface area contributed by atoms with Crippen molar-refractivity contribution in [1.82, 2.24) is 20.3 Å². The third-order valence-corrected chi connectivity index (χ3v) is 6.47. The van der Waals surface area contributed by atoms with E-state index in [2.05, 4.69) is 55.4 Å². The quantitative estimate of drug-likeness (QED) is 0.391. The van der Waals surface area contributed by atoms with Crippen LogP contribution in [-0.2, 0) is 6.18 Å². The highest BCUT2D eigenvalue weighted by molar-refractivity contribution is 9.10. The number of carboxylic acid groups (broad SMARTS) is 1. The predicted octanol–water partition coefficient (Wildman–Crippen LogP) is 5.05. The van der Waals surface area contributed by atoms with Gasteiger partial charge < -0.3 is 20.7 Å². The van der Waals surface area contributed by atoms with Gasteiger partial charge >= 0.3 is 12.1 Å². The number of halogens is 4. The Bertz CT molecular complexity index is 1180. The number of rotatable bonds is 4. The van der Waals surface area contributed by atoms with Crippen LogP contribution in [0.1, 0.15) is 42.6 Å². The molecule has 0 amide bonds. The van der Waals surface area contributed by atoms with Gasteiger partial charge in [0, 0.05) is 41.5 Å². The van der Waals surface area contributed by atoms with Gasteiger partial charge in [0.25, 0.3) is 0 Å². The summed E-state index contributed by atoms with van der Waals surface area (Å²) >= 11 is 3.23. The number of carboxylic acids is 1. The number of hydrogen-bond acceptors (Lipinski definition) is 5. The normalized spacial score (nSPS) is 18.6. The summed E-state index contributed by atoms with van der Waals surface area (Å²) in [5, 5.41) is 16.2. The highest BCUT2D eigenvalue weighted by atomic mass is 79.9. The van der Waals surface area contributed by atoms with Gasteiger partial charge in [0.1, 0.15) is 5.56 Å². The van der Waals surface area contributed by atoms with Crippen LogP contribution in [0, 0.1) is 0 Å². The molecule has 1 fully saturated rings. The molecule has 1 aromatic carbocycles. The summed E-state index contributed by atoms with van der Waals surface area (Å²) < 4.78 is 41.5. The van der Waals surface area contributed by atoms with Crippen LogP contribution >= 0.6 is 15.9 Å². The van der Waals surface area contributed by atoms with Crippen LogP contribution in [0.25, 0.3) is 22.2 Å². The van der Waals surface area contributed by atoms with Gasteiger partial charge in [0.15, 0.2) is 0 Å². The van der Waals surface area contributed by atoms with E-state index in [-0.39, 0.29) is 38.8 Å². The molecule has 0 spiro atoms. The molecular weight excluding hydrogens is 491 g/mol. The van der Waals surface area contributed by atoms with E-state index in [1.54, 1.807) is 0 Å². The van der Waals surface area contributed by atoms with E-state index < -0.39 is 17.7 Å². The Labute approximate surface area is 190 Å². The van der Waals surface area contributed by atoms with E-state index in [4.69, 9.17) is 0 Å². The third-order valence-electron chi connectivity index (χ3n) is 5.65. The number of piperidine rings is 1. The van der Waals surface area contributed by atoms with E-state index in [1.807, 2.05) is 0 Å². The summed E-state index contributed by atoms with van der Waals surface area (Å²) in [4.78, 5) is 22.4. The summed E-state index contributed by atoms with van der Waals surface area (Å²) in [6, 6.07) is 2.80. The molecule has 1 aliphatic heterocycles. The molecule has 11 heteroatoms. The van der Waals surface area contributed by atoms with E-state index in [0.29, 0.717) is 17.4 Å². The van der Waals surface area contributed by atoms with Crippen LogP contribution in [0.5, 0.6) is 0 Å². The topological polar surface area (TPSA) is 103 Å². The van der Waals surface area contributed by atoms with Crippen LogP contribution in [0.2, 0.25) is 0 Å². The molecule has 3 aromatic rings. The van der Waals surface area contributed by atoms with Crippen molar-refractivity contribution in [3.63, 3.8) is 0 Å². The predicted molar refractivity (Wildman–Crippen MR) is 118 cm³/mol. The minimum Gasteiger partial charge on any atom is -0.478 e. The lowest BCUT2D eigenvalue weighted by molar-refractivity contribution is -0.137. The molecule has 0 unspecified atom stereocenters. The van der Waals surface area contributed by atoms with E-state index >= 15 is 0 Å². The van der Waals surface area contributed by atoms with Crippen molar-refractivity contribution in [2.75, 3.05) is 11.9 Å². The average molecular weight is 512 g/mol. The fraction of sp³-hybridized carbons (Fsp3) is 0.381. The number of benzene rings is 1. The second-order valence-corrected chi connectivity index (χ2v) is 9.25. The maximum atomic E-state index is 13.8. The zero-order valence-corrected chi connectivity index (χ0v) is 18.9. The number of nitrogens with zero attached hydrogens (tertiary/aromatic N) is 2. The second-order valence-electron chi connectivity index (χ2n) is 8.46. The summed E-state index contributed by atoms with van der Waals surface area (Å²) in [5.41, 5.74) is -0.653. The van der Waals surface area contributed by atoms with Gasteiger partial charge in [-0.05, 0) is 48.7 Å². The highest BCUT2D eigenvalue weighted by Gasteiger charge is 2.36. The molecule has 0 bridgehead atoms. The average Bonchev–Trinajstić information content (AvgIpc) is 3.14. The van der Waals surface area contributed by atoms with E-state index in [0.717, 1.165) is 19.0 Å². The Hall–Kier alpha value is -2.66. The molecule has 2 aromatic heterocycles. The Balaban J connectivity index is 1.76. The van der Waals surface area contributed by atoms with Gasteiger partial charge in [-0.3, -0.25) is 0 Å². The van der Waals surface area contributed by atoms with Gasteiger partial charge in [0.05, 0.1) is 21.2 Å². The van der Waals surface area contributed by atoms with Crippen LogP contribution in [-0.4, -0.2) is 44.2 Å². The minimum atomic E-state index is -4.66. The molecule has 1 aliphatic rings. The Morgan fingerprint density at radius 3 is 2.72 bits per heavy atom. The summed E-state index contributed by atoms with van der Waals surface area (Å²) in [6.45, 7) is 4.84. The summed E-state index contributed by atoms with van der Waals surface area (Å²) in [6.07, 6.45) is -0.748. The zero-order valence-electron chi connectivity index (χ0n) is 17.3. The van der Waals surface area contributed by atoms with Crippen LogP contribution < -0.4 is 10.6 Å². The van der Waals surface area contributed by atoms with Gasteiger partial charge in [-0.15, -0.1) is 0 Å². The molecule has 0 radical (unpaired) electrons. The zero-order chi connectivity index (χ0) is 23.3. The van der Waals surface area contributed by atoms with Crippen molar-refractivity contribution in [1.29, 1.82) is 0 Å². The fourth-order valence-electron chi connectivity index (χ4n) is 3.82. The lowest BCUT2D eigenvalue weighted by Gasteiger charge is -2.36. The number of alkyl halides is 3. The number of anilines is 1. The Morgan fingerprint density at radius 2 is 2.09 bits per heavy atom. The first kappa shape index (κ1) is 22.5. The van der Waals surface area contributed by atoms with Crippen molar-refractivity contribution in [2.24, 2.45) is 0 Å². The molecule has 0 aliphatic carbocycles. The molecule has 1 saturated heterocycles. The Morgan fingerprint density at radius 1 is 1.34 bits per heavy atom. The molecule has 3 heterocycles. The monoisotopic (exact) mass is 511 g/mol. The van der Waals surface area contributed by atoms with Crippen LogP contribution in [0.4, 0.5) is 19.1 Å². The minimum absolute atomic E-state index is 0.000268. The highest BCUT2D eigenvalue weighted by Crippen LogP contribution is 2.40. The first-order valence-corrected chi connectivity index (χ1v) is 10.7. The maximum absolute atomic E-state index is 13.8. The van der Waals surface area contributed by atoms with E-state index in [1.165, 1.54) is 18.3 Å². The van der Waals surface area contributed by atoms with Gasteiger partial charge in [0.2, 0.25) is 5.95 Å². The first-order valence-electron chi connectivity index (χ1n) is 9.95. The number of aromatic carboxylic acids is 1. The molecule has 4 N–H and O–H groups in total. The lowest BCUT2D eigenvalue weighted by Crippen LogP contribution is -2.50. The molecule has 4 rings (SSSR count). The standard InChI is InChI=1S/C21H21BrF3N5O2/c1-20(2)6-5-10(7-28-20)29-19-27-9-14(21(23,24)25)16(30-19)13-8-26-17-11(13)3-4-12(15(17)22)18(31)32/h3-4,8-10,26,28H,5-7H2,1-2H3,(H,31,32)(H,27,29,30)/t10-/m0/s1. The van der Waals surface area contributed by atoms with Crippen molar-refractivity contribution in [2.45, 2.75) is 44.4 Å². The first-order chi connectivity index (χ1) is 15.0. The largest absolute Gasteiger partial charge is 0.478 e. The van der Waals surface area contributed by atoms with Crippen LogP contribution in [0.15, 0.2) is 29.0 Å². The molecule has 1 atom stereocenters. The molecule has 0 saturated carbocycles. The number of aromatic nitrogens is 3. The molecule has 7 nitrogen and oxygen atoms in total. The molecular formula is C21H21BrF3N5O2. The number of carbonyl (C=O) groups is 1. The van der Waals surface area contributed by atoms with Crippen LogP contribution in [0.3, 0.4) is 0 Å². The summed E-state index contributed by atoms with van der Waals surface area (Å²) in [7, 11) is 0. The van der Waals surface area contributed by atoms with Crippen molar-refractivity contribution < 1.29 is 23.1 Å². The number of nitrogens with one attached hydrogen (secondary N) is 3. The SMILES string of the molecule is CC1(C)CC[C@H](Nc2ncc(C(F)(F)F)c(-c3c[nH]c4c(Br)c(C(=O)O)ccc34)n2)CN1. The molecule has 32 heavy (non-hydrogen) atoms. The second kappa shape index (κ2) is 8.04. The third kappa shape index (κ3) is 4.31. The van der Waals surface area contributed by atoms with Crippen molar-refractivity contribution in [3.8, 4) is 11.3 Å². The van der Waals surface area contributed by atoms with E-state index in [9.17, 15) is 23.1 Å². The van der Waals surface area contributed by atoms with Crippen molar-refractivity contribution >= 4 is 38.8 Å². The number of aromatic amines is 1. The van der Waals surface area contributed by atoms with Gasteiger partial charge in [-0.2, -0.15) is 13.2 Å². The number of fused-ring (bicyclic) bond motifs is 1. The summed E-state index contributed by atoms with van der Waals surface area (Å²) in [5.74, 6) is -1.04. The lowest BCUT2D eigenvalue weighted by atomic mass is 9.91. The van der Waals surface area contributed by atoms with Crippen molar-refractivity contribution in [3.05, 3.63) is 40.1 Å². The van der Waals surface area contributed by atoms with Gasteiger partial charge in [-0.1, -0.05) is 6.07 Å². The van der Waals surface area contributed by atoms with Gasteiger partial charge in [-0.25, -0.2) is 14.8 Å². The smallest absolute Gasteiger partial charge is 0.419 e. The molecule has 170 valence electrons. The number of H-pyrrole nitrogens is 1. The Kier molecular flexibility index (Phi) is 5.66. The number of hydrogen-bond donors (Lipinski definition) is 4. The maximum Gasteiger partial charge on any atom is 0.419 e. The fourth-order valence-corrected chi connectivity index (χ4v) is 4.45.